The fourth-order valence-corrected chi connectivity index (χ4v) is 3.33. The maximum Gasteiger partial charge on any atom is 0.234 e. The van der Waals surface area contributed by atoms with Crippen LogP contribution in [0.15, 0.2) is 24.3 Å². The minimum Gasteiger partial charge on any atom is -0.376 e. The van der Waals surface area contributed by atoms with Crippen LogP contribution in [0.4, 0.5) is 0 Å². The maximum atomic E-state index is 12.0. The molecule has 23 heavy (non-hydrogen) atoms. The summed E-state index contributed by atoms with van der Waals surface area (Å²) in [7, 11) is 0. The quantitative estimate of drug-likeness (QED) is 0.871. The third-order valence-electron chi connectivity index (χ3n) is 4.67. The van der Waals surface area contributed by atoms with Crippen molar-refractivity contribution in [3.63, 3.8) is 0 Å². The zero-order valence-corrected chi connectivity index (χ0v) is 13.1. The Bertz CT molecular complexity index is 654. The third-order valence-corrected chi connectivity index (χ3v) is 4.67. The van der Waals surface area contributed by atoms with Gasteiger partial charge in [0.2, 0.25) is 5.91 Å². The van der Waals surface area contributed by atoms with Crippen LogP contribution >= 0.6 is 0 Å². The van der Waals surface area contributed by atoms with E-state index in [9.17, 15) is 4.79 Å². The predicted octanol–water partition coefficient (Wildman–Crippen LogP) is 1.26. The van der Waals surface area contributed by atoms with E-state index >= 15 is 0 Å². The van der Waals surface area contributed by atoms with Gasteiger partial charge in [-0.3, -0.25) is 9.69 Å². The zero-order valence-electron chi connectivity index (χ0n) is 13.1. The molecular formula is C17H22N4O2. The molecule has 6 heteroatoms. The first-order valence-corrected chi connectivity index (χ1v) is 8.33. The number of imidazole rings is 1. The van der Waals surface area contributed by atoms with E-state index in [-0.39, 0.29) is 12.0 Å². The number of hydrogen-bond donors (Lipinski definition) is 2. The first-order chi connectivity index (χ1) is 11.3. The summed E-state index contributed by atoms with van der Waals surface area (Å²) in [4.78, 5) is 22.1. The van der Waals surface area contributed by atoms with E-state index in [0.717, 1.165) is 49.4 Å². The molecule has 2 N–H and O–H groups in total. The van der Waals surface area contributed by atoms with Gasteiger partial charge in [-0.15, -0.1) is 0 Å². The number of carbonyl (C=O) groups excluding carboxylic acids is 1. The van der Waals surface area contributed by atoms with Gasteiger partial charge in [-0.1, -0.05) is 12.1 Å². The monoisotopic (exact) mass is 314 g/mol. The number of aromatic nitrogens is 2. The first-order valence-electron chi connectivity index (χ1n) is 8.33. The lowest BCUT2D eigenvalue weighted by Crippen LogP contribution is -2.50. The number of nitrogens with zero attached hydrogens (tertiary/aromatic N) is 2. The molecule has 0 saturated carbocycles. The minimum absolute atomic E-state index is 0.0866. The fraction of sp³-hybridized carbons (Fsp3) is 0.529. The molecule has 2 saturated heterocycles. The molecule has 2 aromatic rings. The van der Waals surface area contributed by atoms with Crippen molar-refractivity contribution in [2.75, 3.05) is 32.8 Å². The molecule has 1 aromatic carbocycles. The highest BCUT2D eigenvalue weighted by atomic mass is 16.5. The fourth-order valence-electron chi connectivity index (χ4n) is 3.33. The summed E-state index contributed by atoms with van der Waals surface area (Å²) in [5.74, 6) is 1.51. The largest absolute Gasteiger partial charge is 0.376 e. The smallest absolute Gasteiger partial charge is 0.234 e. The van der Waals surface area contributed by atoms with Crippen LogP contribution in [0.25, 0.3) is 11.0 Å². The van der Waals surface area contributed by atoms with Crippen LogP contribution in [0.5, 0.6) is 0 Å². The van der Waals surface area contributed by atoms with E-state index in [1.54, 1.807) is 0 Å². The number of amides is 1. The molecule has 0 bridgehead atoms. The minimum atomic E-state index is 0.0866. The summed E-state index contributed by atoms with van der Waals surface area (Å²) in [6.07, 6.45) is 2.36. The van der Waals surface area contributed by atoms with E-state index in [2.05, 4.69) is 20.2 Å². The van der Waals surface area contributed by atoms with Crippen molar-refractivity contribution in [1.29, 1.82) is 0 Å². The van der Waals surface area contributed by atoms with Crippen LogP contribution in [0.1, 0.15) is 24.6 Å². The standard InChI is InChI=1S/C17H22N4O2/c22-16(18-8-13-4-3-7-23-13)11-21-9-12(10-21)17-19-14-5-1-2-6-15(14)20-17/h1-2,5-6,12-13H,3-4,7-11H2,(H,18,22)(H,19,20)/t13-/m0/s1. The number of benzene rings is 1. The molecular weight excluding hydrogens is 292 g/mol. The Morgan fingerprint density at radius 1 is 1.39 bits per heavy atom. The van der Waals surface area contributed by atoms with E-state index < -0.39 is 0 Å². The molecule has 0 aliphatic carbocycles. The highest BCUT2D eigenvalue weighted by molar-refractivity contribution is 5.78. The summed E-state index contributed by atoms with van der Waals surface area (Å²) in [6, 6.07) is 8.07. The normalized spacial score (nSPS) is 22.3. The van der Waals surface area contributed by atoms with Crippen LogP contribution in [-0.2, 0) is 9.53 Å². The highest BCUT2D eigenvalue weighted by Gasteiger charge is 2.31. The number of nitrogens with one attached hydrogen (secondary N) is 2. The second-order valence-corrected chi connectivity index (χ2v) is 6.47. The average molecular weight is 314 g/mol. The topological polar surface area (TPSA) is 70.2 Å². The van der Waals surface area contributed by atoms with Crippen LogP contribution in [0.2, 0.25) is 0 Å². The summed E-state index contributed by atoms with van der Waals surface area (Å²) in [5, 5.41) is 2.97. The Kier molecular flexibility index (Phi) is 4.01. The van der Waals surface area contributed by atoms with Crippen molar-refractivity contribution in [1.82, 2.24) is 20.2 Å². The van der Waals surface area contributed by atoms with Crippen molar-refractivity contribution >= 4 is 16.9 Å². The highest BCUT2D eigenvalue weighted by Crippen LogP contribution is 2.26. The molecule has 6 nitrogen and oxygen atoms in total. The number of likely N-dealkylation sites (tertiary alicyclic amines) is 1. The van der Waals surface area contributed by atoms with E-state index in [1.165, 1.54) is 0 Å². The first kappa shape index (κ1) is 14.7. The second kappa shape index (κ2) is 6.29. The van der Waals surface area contributed by atoms with Crippen LogP contribution in [0, 0.1) is 0 Å². The summed E-state index contributed by atoms with van der Waals surface area (Å²) < 4.78 is 5.51. The average Bonchev–Trinajstić information content (AvgIpc) is 3.16. The van der Waals surface area contributed by atoms with Gasteiger partial charge in [-0.25, -0.2) is 4.98 Å². The molecule has 0 unspecified atom stereocenters. The molecule has 122 valence electrons. The van der Waals surface area contributed by atoms with Crippen molar-refractivity contribution in [2.45, 2.75) is 24.9 Å². The Morgan fingerprint density at radius 3 is 3.04 bits per heavy atom. The van der Waals surface area contributed by atoms with Crippen LogP contribution < -0.4 is 5.32 Å². The molecule has 3 heterocycles. The number of carbonyl (C=O) groups is 1. The van der Waals surface area contributed by atoms with Gasteiger partial charge in [0.05, 0.1) is 23.7 Å². The maximum absolute atomic E-state index is 12.0. The van der Waals surface area contributed by atoms with Gasteiger partial charge in [0.1, 0.15) is 5.82 Å². The molecule has 4 rings (SSSR count). The Labute approximate surface area is 135 Å². The molecule has 0 spiro atoms. The van der Waals surface area contributed by atoms with E-state index in [0.29, 0.717) is 19.0 Å². The molecule has 2 aliphatic heterocycles. The number of aromatic amines is 1. The number of para-hydroxylation sites is 2. The van der Waals surface area contributed by atoms with Crippen LogP contribution in [0.3, 0.4) is 0 Å². The van der Waals surface area contributed by atoms with Gasteiger partial charge >= 0.3 is 0 Å². The SMILES string of the molecule is O=C(CN1CC(c2nc3ccccc3[nH]2)C1)NC[C@@H]1CCCO1. The zero-order chi connectivity index (χ0) is 15.6. The van der Waals surface area contributed by atoms with E-state index in [4.69, 9.17) is 4.74 Å². The van der Waals surface area contributed by atoms with Crippen LogP contribution in [-0.4, -0.2) is 59.7 Å². The van der Waals surface area contributed by atoms with Gasteiger partial charge < -0.3 is 15.0 Å². The Morgan fingerprint density at radius 2 is 2.26 bits per heavy atom. The lowest BCUT2D eigenvalue weighted by Gasteiger charge is -2.37. The van der Waals surface area contributed by atoms with Gasteiger partial charge in [0, 0.05) is 32.2 Å². The van der Waals surface area contributed by atoms with Gasteiger partial charge in [0.25, 0.3) is 0 Å². The van der Waals surface area contributed by atoms with Gasteiger partial charge in [-0.05, 0) is 25.0 Å². The molecule has 1 atom stereocenters. The third kappa shape index (κ3) is 3.23. The number of H-pyrrole nitrogens is 1. The summed E-state index contributed by atoms with van der Waals surface area (Å²) >= 11 is 0. The molecule has 1 amide bonds. The molecule has 2 fully saturated rings. The Balaban J connectivity index is 1.23. The molecule has 2 aliphatic rings. The lowest BCUT2D eigenvalue weighted by molar-refractivity contribution is -0.123. The summed E-state index contributed by atoms with van der Waals surface area (Å²) in [5.41, 5.74) is 2.09. The van der Waals surface area contributed by atoms with Crippen molar-refractivity contribution in [3.8, 4) is 0 Å². The number of fused-ring (bicyclic) bond motifs is 1. The van der Waals surface area contributed by atoms with E-state index in [1.807, 2.05) is 24.3 Å². The van der Waals surface area contributed by atoms with Crippen molar-refractivity contribution in [2.24, 2.45) is 0 Å². The van der Waals surface area contributed by atoms with Crippen molar-refractivity contribution < 1.29 is 9.53 Å². The summed E-state index contributed by atoms with van der Waals surface area (Å²) in [6.45, 7) is 3.69. The Hall–Kier alpha value is -1.92. The molecule has 0 radical (unpaired) electrons. The number of hydrogen-bond acceptors (Lipinski definition) is 4. The van der Waals surface area contributed by atoms with Crippen molar-refractivity contribution in [3.05, 3.63) is 30.1 Å². The van der Waals surface area contributed by atoms with Gasteiger partial charge in [-0.2, -0.15) is 0 Å². The lowest BCUT2D eigenvalue weighted by atomic mass is 9.99. The predicted molar refractivity (Wildman–Crippen MR) is 87.3 cm³/mol. The number of rotatable bonds is 5. The van der Waals surface area contributed by atoms with Gasteiger partial charge in [0.15, 0.2) is 0 Å². The second-order valence-electron chi connectivity index (χ2n) is 6.47. The molecule has 1 aromatic heterocycles. The number of ether oxygens (including phenoxy) is 1.